The van der Waals surface area contributed by atoms with Crippen molar-refractivity contribution in [1.82, 2.24) is 10.3 Å². The van der Waals surface area contributed by atoms with Crippen LogP contribution in [0.3, 0.4) is 0 Å². The third-order valence-electron chi connectivity index (χ3n) is 4.25. The number of nitrogens with one attached hydrogen (secondary N) is 2. The molecule has 1 aliphatic carbocycles. The second-order valence-electron chi connectivity index (χ2n) is 5.29. The Hall–Kier alpha value is -1.62. The van der Waals surface area contributed by atoms with E-state index in [1.807, 2.05) is 6.07 Å². The molecule has 1 aromatic heterocycles. The SMILES string of the molecule is COc1ncccc1NC(=O)C1NCC2CCCC21. The molecule has 19 heavy (non-hydrogen) atoms. The smallest absolute Gasteiger partial charge is 0.241 e. The molecule has 0 spiro atoms. The number of anilines is 1. The number of amides is 1. The maximum absolute atomic E-state index is 12.4. The molecule has 2 N–H and O–H groups in total. The summed E-state index contributed by atoms with van der Waals surface area (Å²) in [6.07, 6.45) is 5.30. The van der Waals surface area contributed by atoms with E-state index < -0.39 is 0 Å². The number of ether oxygens (including phenoxy) is 1. The van der Waals surface area contributed by atoms with Crippen molar-refractivity contribution in [3.05, 3.63) is 18.3 Å². The average molecular weight is 261 g/mol. The van der Waals surface area contributed by atoms with Crippen molar-refractivity contribution in [3.8, 4) is 5.88 Å². The van der Waals surface area contributed by atoms with Crippen LogP contribution in [-0.4, -0.2) is 30.6 Å². The van der Waals surface area contributed by atoms with Crippen LogP contribution in [0.5, 0.6) is 5.88 Å². The molecule has 2 aliphatic rings. The maximum Gasteiger partial charge on any atom is 0.241 e. The van der Waals surface area contributed by atoms with Gasteiger partial charge in [0, 0.05) is 6.20 Å². The first-order valence-corrected chi connectivity index (χ1v) is 6.83. The minimum atomic E-state index is -0.0718. The van der Waals surface area contributed by atoms with Gasteiger partial charge in [0.1, 0.15) is 5.69 Å². The highest BCUT2D eigenvalue weighted by atomic mass is 16.5. The lowest BCUT2D eigenvalue weighted by atomic mass is 9.93. The molecule has 1 saturated carbocycles. The van der Waals surface area contributed by atoms with E-state index in [4.69, 9.17) is 4.74 Å². The van der Waals surface area contributed by atoms with E-state index in [-0.39, 0.29) is 11.9 Å². The molecular weight excluding hydrogens is 242 g/mol. The number of carbonyl (C=O) groups is 1. The molecule has 2 fully saturated rings. The van der Waals surface area contributed by atoms with Gasteiger partial charge in [-0.1, -0.05) is 6.42 Å². The first-order chi connectivity index (χ1) is 9.29. The minimum Gasteiger partial charge on any atom is -0.480 e. The standard InChI is InChI=1S/C14H19N3O2/c1-19-14-11(6-3-7-15-14)17-13(18)12-10-5-2-4-9(10)8-16-12/h3,6-7,9-10,12,16H,2,4-5,8H2,1H3,(H,17,18). The van der Waals surface area contributed by atoms with Crippen LogP contribution in [0.15, 0.2) is 18.3 Å². The number of hydrogen-bond acceptors (Lipinski definition) is 4. The maximum atomic E-state index is 12.4. The van der Waals surface area contributed by atoms with Crippen LogP contribution < -0.4 is 15.4 Å². The van der Waals surface area contributed by atoms with Crippen molar-refractivity contribution in [2.45, 2.75) is 25.3 Å². The molecule has 0 aromatic carbocycles. The van der Waals surface area contributed by atoms with Gasteiger partial charge in [0.05, 0.1) is 13.2 Å². The lowest BCUT2D eigenvalue weighted by Crippen LogP contribution is -2.39. The Morgan fingerprint density at radius 3 is 3.26 bits per heavy atom. The fourth-order valence-electron chi connectivity index (χ4n) is 3.33. The third kappa shape index (κ3) is 2.30. The first kappa shape index (κ1) is 12.4. The predicted molar refractivity (Wildman–Crippen MR) is 72.0 cm³/mol. The third-order valence-corrected chi connectivity index (χ3v) is 4.25. The molecule has 3 rings (SSSR count). The number of rotatable bonds is 3. The van der Waals surface area contributed by atoms with E-state index in [1.165, 1.54) is 12.8 Å². The summed E-state index contributed by atoms with van der Waals surface area (Å²) in [5.74, 6) is 1.65. The monoisotopic (exact) mass is 261 g/mol. The van der Waals surface area contributed by atoms with Gasteiger partial charge in [-0.3, -0.25) is 4.79 Å². The summed E-state index contributed by atoms with van der Waals surface area (Å²) < 4.78 is 5.15. The molecule has 3 unspecified atom stereocenters. The van der Waals surface area contributed by atoms with Gasteiger partial charge in [0.25, 0.3) is 0 Å². The molecule has 5 nitrogen and oxygen atoms in total. The minimum absolute atomic E-state index is 0.0284. The Balaban J connectivity index is 1.71. The van der Waals surface area contributed by atoms with Crippen molar-refractivity contribution < 1.29 is 9.53 Å². The molecule has 1 amide bonds. The van der Waals surface area contributed by atoms with Gasteiger partial charge in [-0.2, -0.15) is 0 Å². The van der Waals surface area contributed by atoms with Gasteiger partial charge in [0.15, 0.2) is 0 Å². The lowest BCUT2D eigenvalue weighted by Gasteiger charge is -2.18. The lowest BCUT2D eigenvalue weighted by molar-refractivity contribution is -0.118. The van der Waals surface area contributed by atoms with E-state index in [2.05, 4.69) is 15.6 Å². The fraction of sp³-hybridized carbons (Fsp3) is 0.571. The summed E-state index contributed by atoms with van der Waals surface area (Å²) in [6, 6.07) is 3.53. The topological polar surface area (TPSA) is 63.2 Å². The predicted octanol–water partition coefficient (Wildman–Crippen LogP) is 1.42. The molecule has 1 aromatic rings. The summed E-state index contributed by atoms with van der Waals surface area (Å²) in [4.78, 5) is 16.5. The second kappa shape index (κ2) is 5.17. The Bertz CT molecular complexity index is 478. The van der Waals surface area contributed by atoms with Crippen LogP contribution in [0.25, 0.3) is 0 Å². The summed E-state index contributed by atoms with van der Waals surface area (Å²) in [5.41, 5.74) is 0.637. The molecule has 2 heterocycles. The van der Waals surface area contributed by atoms with Crippen molar-refractivity contribution >= 4 is 11.6 Å². The number of carbonyl (C=O) groups excluding carboxylic acids is 1. The zero-order chi connectivity index (χ0) is 13.2. The molecule has 0 bridgehead atoms. The Morgan fingerprint density at radius 2 is 2.42 bits per heavy atom. The highest BCUT2D eigenvalue weighted by Crippen LogP contribution is 2.38. The molecule has 1 saturated heterocycles. The number of hydrogen-bond donors (Lipinski definition) is 2. The van der Waals surface area contributed by atoms with Gasteiger partial charge >= 0.3 is 0 Å². The summed E-state index contributed by atoms with van der Waals surface area (Å²) in [5, 5.41) is 6.27. The van der Waals surface area contributed by atoms with Gasteiger partial charge in [0.2, 0.25) is 11.8 Å². The molecular formula is C14H19N3O2. The second-order valence-corrected chi connectivity index (χ2v) is 5.29. The van der Waals surface area contributed by atoms with Gasteiger partial charge < -0.3 is 15.4 Å². The average Bonchev–Trinajstić information content (AvgIpc) is 3.01. The van der Waals surface area contributed by atoms with Crippen LogP contribution in [-0.2, 0) is 4.79 Å². The van der Waals surface area contributed by atoms with Crippen molar-refractivity contribution in [2.75, 3.05) is 19.0 Å². The highest BCUT2D eigenvalue weighted by Gasteiger charge is 2.42. The quantitative estimate of drug-likeness (QED) is 0.863. The normalized spacial score (nSPS) is 29.0. The molecule has 3 atom stereocenters. The van der Waals surface area contributed by atoms with E-state index in [1.54, 1.807) is 19.4 Å². The van der Waals surface area contributed by atoms with E-state index in [9.17, 15) is 4.79 Å². The Labute approximate surface area is 112 Å². The van der Waals surface area contributed by atoms with Gasteiger partial charge in [-0.25, -0.2) is 4.98 Å². The zero-order valence-corrected chi connectivity index (χ0v) is 11.1. The molecule has 1 aliphatic heterocycles. The highest BCUT2D eigenvalue weighted by molar-refractivity contribution is 5.96. The van der Waals surface area contributed by atoms with Crippen LogP contribution in [0.4, 0.5) is 5.69 Å². The number of nitrogens with zero attached hydrogens (tertiary/aromatic N) is 1. The van der Waals surface area contributed by atoms with E-state index >= 15 is 0 Å². The van der Waals surface area contributed by atoms with Crippen LogP contribution in [0.1, 0.15) is 19.3 Å². The van der Waals surface area contributed by atoms with Crippen molar-refractivity contribution in [2.24, 2.45) is 11.8 Å². The molecule has 102 valence electrons. The summed E-state index contributed by atoms with van der Waals surface area (Å²) in [7, 11) is 1.55. The van der Waals surface area contributed by atoms with Crippen LogP contribution >= 0.6 is 0 Å². The molecule has 5 heteroatoms. The van der Waals surface area contributed by atoms with Crippen LogP contribution in [0.2, 0.25) is 0 Å². The molecule has 0 radical (unpaired) electrons. The largest absolute Gasteiger partial charge is 0.480 e. The summed E-state index contributed by atoms with van der Waals surface area (Å²) >= 11 is 0. The number of pyridine rings is 1. The number of methoxy groups -OCH3 is 1. The van der Waals surface area contributed by atoms with Crippen LogP contribution in [0, 0.1) is 11.8 Å². The van der Waals surface area contributed by atoms with Gasteiger partial charge in [-0.05, 0) is 43.4 Å². The van der Waals surface area contributed by atoms with E-state index in [0.717, 1.165) is 13.0 Å². The van der Waals surface area contributed by atoms with Crippen molar-refractivity contribution in [3.63, 3.8) is 0 Å². The number of aromatic nitrogens is 1. The Morgan fingerprint density at radius 1 is 1.53 bits per heavy atom. The Kier molecular flexibility index (Phi) is 3.38. The number of fused-ring (bicyclic) bond motifs is 1. The zero-order valence-electron chi connectivity index (χ0n) is 11.1. The first-order valence-electron chi connectivity index (χ1n) is 6.83. The van der Waals surface area contributed by atoms with Crippen molar-refractivity contribution in [1.29, 1.82) is 0 Å². The van der Waals surface area contributed by atoms with E-state index in [0.29, 0.717) is 23.4 Å². The summed E-state index contributed by atoms with van der Waals surface area (Å²) in [6.45, 7) is 0.965. The van der Waals surface area contributed by atoms with Gasteiger partial charge in [-0.15, -0.1) is 0 Å². The fourth-order valence-corrected chi connectivity index (χ4v) is 3.33.